The van der Waals surface area contributed by atoms with Gasteiger partial charge in [-0.3, -0.25) is 0 Å². The van der Waals surface area contributed by atoms with Crippen LogP contribution in [0.15, 0.2) is 0 Å². The van der Waals surface area contributed by atoms with Crippen LogP contribution in [0.25, 0.3) is 0 Å². The summed E-state index contributed by atoms with van der Waals surface area (Å²) in [5.41, 5.74) is 0. The minimum Gasteiger partial charge on any atom is -0.394 e. The fraction of sp³-hybridized carbons (Fsp3) is 1.00. The van der Waals surface area contributed by atoms with Crippen LogP contribution in [0.4, 0.5) is 0 Å². The molecule has 0 aromatic heterocycles. The van der Waals surface area contributed by atoms with E-state index in [-0.39, 0.29) is 63.4 Å². The Labute approximate surface area is 142 Å². The number of hydrogen-bond donors (Lipinski definition) is 2. The van der Waals surface area contributed by atoms with E-state index in [4.69, 9.17) is 28.4 Å². The summed E-state index contributed by atoms with van der Waals surface area (Å²) >= 11 is 0. The second-order valence-electron chi connectivity index (χ2n) is 6.17. The van der Waals surface area contributed by atoms with E-state index in [1.54, 1.807) is 14.2 Å². The molecule has 0 aromatic carbocycles. The molecule has 2 aliphatic heterocycles. The predicted octanol–water partition coefficient (Wildman–Crippen LogP) is 0.0444. The number of aliphatic hydroxyl groups is 2. The summed E-state index contributed by atoms with van der Waals surface area (Å²) < 4.78 is 32.8. The van der Waals surface area contributed by atoms with Crippen molar-refractivity contribution >= 4 is 0 Å². The van der Waals surface area contributed by atoms with Crippen LogP contribution in [0, 0.1) is 0 Å². The van der Waals surface area contributed by atoms with Crippen LogP contribution in [-0.2, 0) is 28.4 Å². The largest absolute Gasteiger partial charge is 0.394 e. The average Bonchev–Trinajstić information content (AvgIpc) is 3.26. The Morgan fingerprint density at radius 3 is 1.54 bits per heavy atom. The molecule has 0 bridgehead atoms. The minimum absolute atomic E-state index is 0.0260. The van der Waals surface area contributed by atoms with Crippen LogP contribution in [0.3, 0.4) is 0 Å². The fourth-order valence-corrected chi connectivity index (χ4v) is 3.34. The van der Waals surface area contributed by atoms with Gasteiger partial charge in [0.2, 0.25) is 0 Å². The Morgan fingerprint density at radius 1 is 0.792 bits per heavy atom. The first-order valence-electron chi connectivity index (χ1n) is 8.47. The smallest absolute Gasteiger partial charge is 0.146 e. The van der Waals surface area contributed by atoms with E-state index < -0.39 is 0 Å². The Morgan fingerprint density at radius 2 is 1.21 bits per heavy atom. The summed E-state index contributed by atoms with van der Waals surface area (Å²) in [5, 5.41) is 18.9. The van der Waals surface area contributed by atoms with E-state index >= 15 is 0 Å². The first-order chi connectivity index (χ1) is 11.7. The number of hydrogen-bond acceptors (Lipinski definition) is 8. The third kappa shape index (κ3) is 5.34. The van der Waals surface area contributed by atoms with Crippen molar-refractivity contribution in [3.63, 3.8) is 0 Å². The average molecular weight is 350 g/mol. The molecular weight excluding hydrogens is 320 g/mol. The molecule has 0 spiro atoms. The van der Waals surface area contributed by atoms with Gasteiger partial charge >= 0.3 is 0 Å². The molecule has 2 rings (SSSR count). The van der Waals surface area contributed by atoms with Crippen molar-refractivity contribution in [1.82, 2.24) is 0 Å². The van der Waals surface area contributed by atoms with Crippen LogP contribution in [0.1, 0.15) is 25.7 Å². The van der Waals surface area contributed by atoms with Crippen LogP contribution in [-0.4, -0.2) is 87.9 Å². The number of methoxy groups -OCH3 is 2. The third-order valence-electron chi connectivity index (χ3n) is 4.57. The molecule has 8 nitrogen and oxygen atoms in total. The third-order valence-corrected chi connectivity index (χ3v) is 4.57. The molecule has 2 saturated heterocycles. The summed E-state index contributed by atoms with van der Waals surface area (Å²) in [4.78, 5) is 0. The van der Waals surface area contributed by atoms with Gasteiger partial charge < -0.3 is 38.6 Å². The van der Waals surface area contributed by atoms with E-state index in [9.17, 15) is 10.2 Å². The van der Waals surface area contributed by atoms with Crippen molar-refractivity contribution < 1.29 is 38.6 Å². The van der Waals surface area contributed by atoms with E-state index in [0.29, 0.717) is 0 Å². The molecule has 8 heteroatoms. The second-order valence-corrected chi connectivity index (χ2v) is 6.17. The number of aliphatic hydroxyl groups excluding tert-OH is 2. The van der Waals surface area contributed by atoms with Gasteiger partial charge in [0.15, 0.2) is 0 Å². The minimum atomic E-state index is -0.387. The topological polar surface area (TPSA) is 95.8 Å². The summed E-state index contributed by atoms with van der Waals surface area (Å²) in [7, 11) is 3.09. The lowest BCUT2D eigenvalue weighted by molar-refractivity contribution is -0.166. The highest BCUT2D eigenvalue weighted by atomic mass is 16.7. The second kappa shape index (κ2) is 10.6. The lowest BCUT2D eigenvalue weighted by Gasteiger charge is -2.26. The highest BCUT2D eigenvalue weighted by molar-refractivity contribution is 4.89. The highest BCUT2D eigenvalue weighted by Gasteiger charge is 2.41. The molecule has 0 radical (unpaired) electrons. The predicted molar refractivity (Wildman–Crippen MR) is 83.5 cm³/mol. The van der Waals surface area contributed by atoms with Gasteiger partial charge in [-0.25, -0.2) is 0 Å². The molecule has 0 aromatic rings. The molecule has 0 saturated carbocycles. The first-order valence-corrected chi connectivity index (χ1v) is 8.47. The Kier molecular flexibility index (Phi) is 8.85. The summed E-state index contributed by atoms with van der Waals surface area (Å²) in [6, 6.07) is 0. The van der Waals surface area contributed by atoms with Crippen molar-refractivity contribution in [1.29, 1.82) is 0 Å². The standard InChI is InChI=1S/C16H30O8/c1-19-9-21-15(7-17)13-5-3-11(23-13)12-4-6-14(24-12)16(8-18)22-10-20-2/h11-18H,3-10H2,1-2H3/t11-,12-,13-,14-,15-,16-/m1/s1. The lowest BCUT2D eigenvalue weighted by Crippen LogP contribution is -2.37. The van der Waals surface area contributed by atoms with E-state index in [1.165, 1.54) is 0 Å². The molecule has 6 atom stereocenters. The zero-order valence-electron chi connectivity index (χ0n) is 14.5. The number of rotatable bonds is 11. The van der Waals surface area contributed by atoms with Crippen molar-refractivity contribution in [3.8, 4) is 0 Å². The SMILES string of the molecule is COCO[C@H](CO)[C@H]1CC[C@H]([C@H]2CC[C@H]([C@@H](CO)OCOC)O2)O1. The van der Waals surface area contributed by atoms with Crippen LogP contribution < -0.4 is 0 Å². The van der Waals surface area contributed by atoms with Gasteiger partial charge in [0, 0.05) is 14.2 Å². The molecular formula is C16H30O8. The molecule has 24 heavy (non-hydrogen) atoms. The van der Waals surface area contributed by atoms with Gasteiger partial charge in [0.05, 0.1) is 37.6 Å². The fourth-order valence-electron chi connectivity index (χ4n) is 3.34. The molecule has 142 valence electrons. The van der Waals surface area contributed by atoms with Gasteiger partial charge in [-0.2, -0.15) is 0 Å². The van der Waals surface area contributed by atoms with Crippen molar-refractivity contribution in [3.05, 3.63) is 0 Å². The maximum absolute atomic E-state index is 9.45. The van der Waals surface area contributed by atoms with Crippen molar-refractivity contribution in [2.24, 2.45) is 0 Å². The molecule has 0 unspecified atom stereocenters. The van der Waals surface area contributed by atoms with E-state index in [2.05, 4.69) is 0 Å². The summed E-state index contributed by atoms with van der Waals surface area (Å²) in [6.07, 6.45) is 2.21. The maximum atomic E-state index is 9.45. The maximum Gasteiger partial charge on any atom is 0.146 e. The Hall–Kier alpha value is -0.320. The first kappa shape index (κ1) is 20.0. The van der Waals surface area contributed by atoms with Gasteiger partial charge in [-0.1, -0.05) is 0 Å². The molecule has 0 aliphatic carbocycles. The van der Waals surface area contributed by atoms with Gasteiger partial charge in [-0.05, 0) is 25.7 Å². The van der Waals surface area contributed by atoms with Gasteiger partial charge in [0.25, 0.3) is 0 Å². The summed E-state index contributed by atoms with van der Waals surface area (Å²) in [6.45, 7) is 0.0538. The quantitative estimate of drug-likeness (QED) is 0.505. The van der Waals surface area contributed by atoms with Crippen molar-refractivity contribution in [2.45, 2.75) is 62.3 Å². The van der Waals surface area contributed by atoms with Crippen LogP contribution in [0.5, 0.6) is 0 Å². The molecule has 2 aliphatic rings. The normalized spacial score (nSPS) is 33.0. The lowest BCUT2D eigenvalue weighted by atomic mass is 10.0. The Balaban J connectivity index is 1.79. The summed E-state index contributed by atoms with van der Waals surface area (Å²) in [5.74, 6) is 0. The highest BCUT2D eigenvalue weighted by Crippen LogP contribution is 2.34. The van der Waals surface area contributed by atoms with E-state index in [1.807, 2.05) is 0 Å². The number of ether oxygens (including phenoxy) is 6. The zero-order valence-corrected chi connectivity index (χ0v) is 14.5. The molecule has 2 fully saturated rings. The zero-order chi connectivity index (χ0) is 17.4. The van der Waals surface area contributed by atoms with Gasteiger partial charge in [0.1, 0.15) is 25.8 Å². The van der Waals surface area contributed by atoms with Crippen LogP contribution in [0.2, 0.25) is 0 Å². The molecule has 2 N–H and O–H groups in total. The van der Waals surface area contributed by atoms with Gasteiger partial charge in [-0.15, -0.1) is 0 Å². The molecule has 0 amide bonds. The van der Waals surface area contributed by atoms with Crippen LogP contribution >= 0.6 is 0 Å². The van der Waals surface area contributed by atoms with Crippen molar-refractivity contribution in [2.75, 3.05) is 41.0 Å². The van der Waals surface area contributed by atoms with E-state index in [0.717, 1.165) is 25.7 Å². The monoisotopic (exact) mass is 350 g/mol. The molecule has 2 heterocycles. The Bertz CT molecular complexity index is 310.